The summed E-state index contributed by atoms with van der Waals surface area (Å²) in [5, 5.41) is 10.0. The Morgan fingerprint density at radius 1 is 1.19 bits per heavy atom. The third kappa shape index (κ3) is 3.78. The molecule has 3 heterocycles. The molecule has 0 aliphatic carbocycles. The number of hydrogen-bond donors (Lipinski definition) is 1. The van der Waals surface area contributed by atoms with Crippen LogP contribution in [0.25, 0.3) is 16.4 Å². The molecule has 32 heavy (non-hydrogen) atoms. The number of anilines is 1. The highest BCUT2D eigenvalue weighted by atomic mass is 32.1. The first kappa shape index (κ1) is 20.1. The van der Waals surface area contributed by atoms with E-state index in [0.29, 0.717) is 34.6 Å². The van der Waals surface area contributed by atoms with Crippen molar-refractivity contribution in [1.29, 1.82) is 0 Å². The summed E-state index contributed by atoms with van der Waals surface area (Å²) >= 11 is 1.43. The number of para-hydroxylation sites is 1. The minimum atomic E-state index is -0.275. The van der Waals surface area contributed by atoms with Crippen molar-refractivity contribution in [1.82, 2.24) is 14.8 Å². The van der Waals surface area contributed by atoms with Gasteiger partial charge in [0, 0.05) is 17.0 Å². The Morgan fingerprint density at radius 3 is 2.91 bits per heavy atom. The topological polar surface area (TPSA) is 87.5 Å². The lowest BCUT2D eigenvalue weighted by molar-refractivity contribution is 0.102. The van der Waals surface area contributed by atoms with Gasteiger partial charge in [-0.1, -0.05) is 12.1 Å². The van der Waals surface area contributed by atoms with Crippen molar-refractivity contribution >= 4 is 23.1 Å². The summed E-state index contributed by atoms with van der Waals surface area (Å²) in [4.78, 5) is 17.7. The van der Waals surface area contributed by atoms with Gasteiger partial charge in [0.15, 0.2) is 11.5 Å². The summed E-state index contributed by atoms with van der Waals surface area (Å²) in [6, 6.07) is 14.7. The van der Waals surface area contributed by atoms with Crippen molar-refractivity contribution in [3.8, 4) is 33.6 Å². The molecule has 1 aliphatic heterocycles. The van der Waals surface area contributed by atoms with E-state index < -0.39 is 0 Å². The van der Waals surface area contributed by atoms with E-state index in [0.717, 1.165) is 22.7 Å². The Labute approximate surface area is 188 Å². The van der Waals surface area contributed by atoms with Crippen molar-refractivity contribution in [2.75, 3.05) is 18.7 Å². The molecule has 4 aromatic rings. The Bertz CT molecular complexity index is 1300. The molecule has 0 spiro atoms. The first-order valence-electron chi connectivity index (χ1n) is 10.1. The Balaban J connectivity index is 1.43. The maximum Gasteiger partial charge on any atom is 0.260 e. The average molecular weight is 449 g/mol. The van der Waals surface area contributed by atoms with Gasteiger partial charge in [-0.25, -0.2) is 4.98 Å². The van der Waals surface area contributed by atoms with E-state index in [1.165, 1.54) is 11.3 Å². The van der Waals surface area contributed by atoms with Gasteiger partial charge < -0.3 is 19.5 Å². The minimum absolute atomic E-state index is 0.225. The number of nitrogens with one attached hydrogen (secondary N) is 1. The summed E-state index contributed by atoms with van der Waals surface area (Å²) in [7, 11) is 0. The van der Waals surface area contributed by atoms with Crippen molar-refractivity contribution in [2.45, 2.75) is 13.8 Å². The number of fused-ring (bicyclic) bond motifs is 1. The van der Waals surface area contributed by atoms with Gasteiger partial charge in [-0.3, -0.25) is 4.79 Å². The first-order chi connectivity index (χ1) is 15.6. The minimum Gasteiger partial charge on any atom is -0.493 e. The van der Waals surface area contributed by atoms with E-state index in [-0.39, 0.29) is 12.7 Å². The predicted octanol–water partition coefficient (Wildman–Crippen LogP) is 4.68. The third-order valence-electron chi connectivity index (χ3n) is 4.85. The number of carbonyl (C=O) groups is 1. The van der Waals surface area contributed by atoms with E-state index in [9.17, 15) is 4.79 Å². The second-order valence-electron chi connectivity index (χ2n) is 7.05. The van der Waals surface area contributed by atoms with Gasteiger partial charge >= 0.3 is 0 Å². The van der Waals surface area contributed by atoms with Crippen LogP contribution < -0.4 is 19.5 Å². The molecule has 0 saturated heterocycles. The van der Waals surface area contributed by atoms with Crippen LogP contribution in [0.2, 0.25) is 0 Å². The highest BCUT2D eigenvalue weighted by Crippen LogP contribution is 2.36. The van der Waals surface area contributed by atoms with E-state index in [1.807, 2.05) is 49.6 Å². The normalized spacial score (nSPS) is 12.1. The number of ether oxygens (including phenoxy) is 3. The summed E-state index contributed by atoms with van der Waals surface area (Å²) in [5.74, 6) is 2.22. The van der Waals surface area contributed by atoms with Crippen LogP contribution in [0, 0.1) is 6.92 Å². The average Bonchev–Trinajstić information content (AvgIpc) is 3.53. The van der Waals surface area contributed by atoms with Crippen LogP contribution in [0.5, 0.6) is 17.2 Å². The maximum atomic E-state index is 13.0. The number of amides is 1. The van der Waals surface area contributed by atoms with Gasteiger partial charge in [-0.05, 0) is 44.2 Å². The molecular formula is C23H20N4O4S. The van der Waals surface area contributed by atoms with Crippen LogP contribution in [0.4, 0.5) is 5.82 Å². The molecule has 5 rings (SSSR count). The molecule has 0 atom stereocenters. The lowest BCUT2D eigenvalue weighted by Gasteiger charge is -2.10. The fourth-order valence-electron chi connectivity index (χ4n) is 3.40. The highest BCUT2D eigenvalue weighted by Gasteiger charge is 2.19. The van der Waals surface area contributed by atoms with Crippen molar-refractivity contribution in [3.63, 3.8) is 0 Å². The Hall–Kier alpha value is -3.85. The largest absolute Gasteiger partial charge is 0.493 e. The maximum absolute atomic E-state index is 13.0. The molecular weight excluding hydrogens is 428 g/mol. The number of benzene rings is 2. The summed E-state index contributed by atoms with van der Waals surface area (Å²) < 4.78 is 18.1. The molecule has 0 radical (unpaired) electrons. The number of aromatic nitrogens is 3. The number of nitrogens with zero attached hydrogens (tertiary/aromatic N) is 3. The second-order valence-corrected chi connectivity index (χ2v) is 7.89. The van der Waals surface area contributed by atoms with E-state index in [1.54, 1.807) is 22.9 Å². The SMILES string of the molecule is CCOc1ccccc1C(=O)Nc1cc(C)nn1-c1nc(-c2ccc3c(c2)OCO3)cs1. The molecule has 162 valence electrons. The van der Waals surface area contributed by atoms with E-state index in [2.05, 4.69) is 10.4 Å². The van der Waals surface area contributed by atoms with Crippen LogP contribution in [0.1, 0.15) is 23.0 Å². The van der Waals surface area contributed by atoms with Crippen LogP contribution in [-0.2, 0) is 0 Å². The van der Waals surface area contributed by atoms with Gasteiger partial charge in [0.25, 0.3) is 5.91 Å². The Kier molecular flexibility index (Phi) is 5.24. The van der Waals surface area contributed by atoms with Crippen molar-refractivity contribution in [3.05, 3.63) is 65.2 Å². The molecule has 8 nitrogen and oxygen atoms in total. The van der Waals surface area contributed by atoms with Gasteiger partial charge in [0.1, 0.15) is 11.6 Å². The van der Waals surface area contributed by atoms with Crippen LogP contribution in [0.15, 0.2) is 53.9 Å². The Morgan fingerprint density at radius 2 is 2.03 bits per heavy atom. The fraction of sp³-hybridized carbons (Fsp3) is 0.174. The number of aryl methyl sites for hydroxylation is 1. The number of rotatable bonds is 6. The molecule has 0 fully saturated rings. The third-order valence-corrected chi connectivity index (χ3v) is 5.66. The molecule has 0 saturated carbocycles. The molecule has 1 aliphatic rings. The molecule has 9 heteroatoms. The van der Waals surface area contributed by atoms with Crippen molar-refractivity contribution in [2.24, 2.45) is 0 Å². The van der Waals surface area contributed by atoms with E-state index in [4.69, 9.17) is 19.2 Å². The zero-order valence-corrected chi connectivity index (χ0v) is 18.3. The molecule has 0 unspecified atom stereocenters. The van der Waals surface area contributed by atoms with Gasteiger partial charge in [0.2, 0.25) is 11.9 Å². The van der Waals surface area contributed by atoms with Gasteiger partial charge in [0.05, 0.1) is 23.6 Å². The number of carbonyl (C=O) groups excluding carboxylic acids is 1. The smallest absolute Gasteiger partial charge is 0.260 e. The van der Waals surface area contributed by atoms with Gasteiger partial charge in [-0.2, -0.15) is 9.78 Å². The molecule has 1 N–H and O–H groups in total. The monoisotopic (exact) mass is 448 g/mol. The van der Waals surface area contributed by atoms with Crippen LogP contribution >= 0.6 is 11.3 Å². The van der Waals surface area contributed by atoms with Gasteiger partial charge in [-0.15, -0.1) is 11.3 Å². The highest BCUT2D eigenvalue weighted by molar-refractivity contribution is 7.12. The summed E-state index contributed by atoms with van der Waals surface area (Å²) in [5.41, 5.74) is 2.92. The summed E-state index contributed by atoms with van der Waals surface area (Å²) in [6.45, 7) is 4.45. The second kappa shape index (κ2) is 8.35. The molecule has 0 bridgehead atoms. The zero-order valence-electron chi connectivity index (χ0n) is 17.5. The molecule has 2 aromatic carbocycles. The fourth-order valence-corrected chi connectivity index (χ4v) is 4.20. The molecule has 2 aromatic heterocycles. The van der Waals surface area contributed by atoms with Crippen LogP contribution in [-0.4, -0.2) is 34.1 Å². The number of thiazole rings is 1. The quantitative estimate of drug-likeness (QED) is 0.461. The lowest BCUT2D eigenvalue weighted by atomic mass is 10.1. The summed E-state index contributed by atoms with van der Waals surface area (Å²) in [6.07, 6.45) is 0. The lowest BCUT2D eigenvalue weighted by Crippen LogP contribution is -2.16. The van der Waals surface area contributed by atoms with E-state index >= 15 is 0 Å². The van der Waals surface area contributed by atoms with Crippen molar-refractivity contribution < 1.29 is 19.0 Å². The zero-order chi connectivity index (χ0) is 22.1. The predicted molar refractivity (Wildman–Crippen MR) is 121 cm³/mol. The molecule has 1 amide bonds. The number of hydrogen-bond acceptors (Lipinski definition) is 7. The first-order valence-corrected chi connectivity index (χ1v) is 11.0. The van der Waals surface area contributed by atoms with Crippen LogP contribution in [0.3, 0.4) is 0 Å². The standard InChI is InChI=1S/C23H20N4O4S/c1-3-29-18-7-5-4-6-16(18)22(28)25-21-10-14(2)26-27(21)23-24-17(12-32-23)15-8-9-19-20(11-15)31-13-30-19/h4-12H,3,13H2,1-2H3,(H,25,28).